The van der Waals surface area contributed by atoms with Crippen molar-refractivity contribution in [1.29, 1.82) is 0 Å². The Morgan fingerprint density at radius 1 is 1.43 bits per heavy atom. The maximum absolute atomic E-state index is 5.67. The molecule has 0 aliphatic heterocycles. The molecule has 0 radical (unpaired) electrons. The van der Waals surface area contributed by atoms with Crippen molar-refractivity contribution in [3.63, 3.8) is 0 Å². The van der Waals surface area contributed by atoms with Crippen LogP contribution < -0.4 is 10.5 Å². The van der Waals surface area contributed by atoms with Crippen molar-refractivity contribution in [2.24, 2.45) is 5.73 Å². The molecule has 0 aromatic heterocycles. The van der Waals surface area contributed by atoms with Gasteiger partial charge < -0.3 is 10.5 Å². The molecule has 2 N–H and O–H groups in total. The van der Waals surface area contributed by atoms with Gasteiger partial charge in [0.2, 0.25) is 0 Å². The number of halogens is 1. The van der Waals surface area contributed by atoms with Crippen LogP contribution in [0.4, 0.5) is 0 Å². The minimum atomic E-state index is 0. The van der Waals surface area contributed by atoms with Crippen molar-refractivity contribution in [1.82, 2.24) is 0 Å². The predicted octanol–water partition coefficient (Wildman–Crippen LogP) is 2.53. The molecule has 14 heavy (non-hydrogen) atoms. The molecule has 1 rings (SSSR count). The maximum Gasteiger partial charge on any atom is 0.120 e. The van der Waals surface area contributed by atoms with Crippen LogP contribution in [0, 0.1) is 6.92 Å². The molecule has 3 heteroatoms. The molecule has 80 valence electrons. The minimum absolute atomic E-state index is 0. The molecular formula is C11H18ClNO. The average Bonchev–Trinajstić information content (AvgIpc) is 2.14. The summed E-state index contributed by atoms with van der Waals surface area (Å²) in [6.45, 7) is 4.70. The van der Waals surface area contributed by atoms with Crippen LogP contribution in [0.25, 0.3) is 0 Å². The van der Waals surface area contributed by atoms with E-state index in [4.69, 9.17) is 10.5 Å². The minimum Gasteiger partial charge on any atom is -0.489 e. The molecule has 0 bridgehead atoms. The molecule has 2 nitrogen and oxygen atoms in total. The molecule has 0 amide bonds. The van der Waals surface area contributed by atoms with Crippen LogP contribution in [0.2, 0.25) is 0 Å². The molecule has 1 aromatic rings. The molecule has 1 aromatic carbocycles. The van der Waals surface area contributed by atoms with Gasteiger partial charge in [0.05, 0.1) is 0 Å². The van der Waals surface area contributed by atoms with Crippen molar-refractivity contribution in [2.75, 3.05) is 6.54 Å². The van der Waals surface area contributed by atoms with Gasteiger partial charge in [-0.2, -0.15) is 0 Å². The van der Waals surface area contributed by atoms with E-state index in [1.54, 1.807) is 0 Å². The molecule has 0 saturated carbocycles. The lowest BCUT2D eigenvalue weighted by Gasteiger charge is -2.15. The first-order valence-corrected chi connectivity index (χ1v) is 4.69. The first kappa shape index (κ1) is 13.3. The summed E-state index contributed by atoms with van der Waals surface area (Å²) in [5.41, 5.74) is 6.76. The van der Waals surface area contributed by atoms with E-state index in [1.807, 2.05) is 18.2 Å². The Hall–Kier alpha value is -0.730. The van der Waals surface area contributed by atoms with Crippen LogP contribution >= 0.6 is 12.4 Å². The lowest BCUT2D eigenvalue weighted by molar-refractivity contribution is 0.205. The van der Waals surface area contributed by atoms with Crippen molar-refractivity contribution in [3.8, 4) is 5.75 Å². The summed E-state index contributed by atoms with van der Waals surface area (Å²) >= 11 is 0. The van der Waals surface area contributed by atoms with Crippen LogP contribution in [0.3, 0.4) is 0 Å². The third kappa shape index (κ3) is 3.99. The molecule has 0 heterocycles. The van der Waals surface area contributed by atoms with Gasteiger partial charge in [-0.1, -0.05) is 19.1 Å². The van der Waals surface area contributed by atoms with Gasteiger partial charge in [0.15, 0.2) is 0 Å². The van der Waals surface area contributed by atoms with E-state index in [0.29, 0.717) is 6.54 Å². The lowest BCUT2D eigenvalue weighted by atomic mass is 10.2. The second-order valence-electron chi connectivity index (χ2n) is 3.20. The van der Waals surface area contributed by atoms with Gasteiger partial charge in [0.1, 0.15) is 11.9 Å². The molecule has 0 spiro atoms. The Kier molecular flexibility index (Phi) is 6.34. The SMILES string of the molecule is CCC(CN)Oc1cccc(C)c1.Cl. The highest BCUT2D eigenvalue weighted by molar-refractivity contribution is 5.85. The van der Waals surface area contributed by atoms with Crippen molar-refractivity contribution in [2.45, 2.75) is 26.4 Å². The zero-order valence-electron chi connectivity index (χ0n) is 8.69. The van der Waals surface area contributed by atoms with Crippen LogP contribution in [0.5, 0.6) is 5.75 Å². The number of benzene rings is 1. The molecule has 1 unspecified atom stereocenters. The molecule has 0 fully saturated rings. The number of aryl methyl sites for hydroxylation is 1. The topological polar surface area (TPSA) is 35.2 Å². The highest BCUT2D eigenvalue weighted by Gasteiger charge is 2.04. The summed E-state index contributed by atoms with van der Waals surface area (Å²) in [7, 11) is 0. The maximum atomic E-state index is 5.67. The van der Waals surface area contributed by atoms with Crippen LogP contribution in [-0.2, 0) is 0 Å². The third-order valence-corrected chi connectivity index (χ3v) is 2.01. The fraction of sp³-hybridized carbons (Fsp3) is 0.455. The first-order valence-electron chi connectivity index (χ1n) is 4.69. The predicted molar refractivity (Wildman–Crippen MR) is 62.2 cm³/mol. The second kappa shape index (κ2) is 6.68. The highest BCUT2D eigenvalue weighted by atomic mass is 35.5. The third-order valence-electron chi connectivity index (χ3n) is 2.01. The Morgan fingerprint density at radius 3 is 2.64 bits per heavy atom. The fourth-order valence-corrected chi connectivity index (χ4v) is 1.18. The summed E-state index contributed by atoms with van der Waals surface area (Å²) < 4.78 is 5.67. The van der Waals surface area contributed by atoms with Gasteiger partial charge in [-0.05, 0) is 31.0 Å². The van der Waals surface area contributed by atoms with E-state index in [9.17, 15) is 0 Å². The van der Waals surface area contributed by atoms with E-state index in [1.165, 1.54) is 5.56 Å². The van der Waals surface area contributed by atoms with E-state index in [-0.39, 0.29) is 18.5 Å². The molecule has 1 atom stereocenters. The average molecular weight is 216 g/mol. The second-order valence-corrected chi connectivity index (χ2v) is 3.20. The highest BCUT2D eigenvalue weighted by Crippen LogP contribution is 2.14. The van der Waals surface area contributed by atoms with Gasteiger partial charge in [-0.25, -0.2) is 0 Å². The van der Waals surface area contributed by atoms with Gasteiger partial charge in [0.25, 0.3) is 0 Å². The summed E-state index contributed by atoms with van der Waals surface area (Å²) in [5, 5.41) is 0. The zero-order chi connectivity index (χ0) is 9.68. The Balaban J connectivity index is 0.00000169. The van der Waals surface area contributed by atoms with E-state index >= 15 is 0 Å². The normalized spacial score (nSPS) is 11.6. The summed E-state index contributed by atoms with van der Waals surface area (Å²) in [5.74, 6) is 0.914. The van der Waals surface area contributed by atoms with Gasteiger partial charge >= 0.3 is 0 Å². The summed E-state index contributed by atoms with van der Waals surface area (Å²) in [6, 6.07) is 8.04. The Morgan fingerprint density at radius 2 is 2.14 bits per heavy atom. The number of hydrogen-bond acceptors (Lipinski definition) is 2. The zero-order valence-corrected chi connectivity index (χ0v) is 9.51. The van der Waals surface area contributed by atoms with E-state index < -0.39 is 0 Å². The smallest absolute Gasteiger partial charge is 0.120 e. The van der Waals surface area contributed by atoms with E-state index in [0.717, 1.165) is 12.2 Å². The van der Waals surface area contributed by atoms with Crippen LogP contribution in [0.15, 0.2) is 24.3 Å². The molecular weight excluding hydrogens is 198 g/mol. The standard InChI is InChI=1S/C11H17NO.ClH/c1-3-10(8-12)13-11-6-4-5-9(2)7-11;/h4-7,10H,3,8,12H2,1-2H3;1H. The van der Waals surface area contributed by atoms with Gasteiger partial charge in [-0.15, -0.1) is 12.4 Å². The lowest BCUT2D eigenvalue weighted by Crippen LogP contribution is -2.25. The summed E-state index contributed by atoms with van der Waals surface area (Å²) in [6.07, 6.45) is 1.09. The number of rotatable bonds is 4. The number of nitrogens with two attached hydrogens (primary N) is 1. The number of ether oxygens (including phenoxy) is 1. The van der Waals surface area contributed by atoms with Gasteiger partial charge in [-0.3, -0.25) is 0 Å². The fourth-order valence-electron chi connectivity index (χ4n) is 1.18. The number of hydrogen-bond donors (Lipinski definition) is 1. The monoisotopic (exact) mass is 215 g/mol. The Labute approximate surface area is 91.9 Å². The van der Waals surface area contributed by atoms with Crippen molar-refractivity contribution < 1.29 is 4.74 Å². The summed E-state index contributed by atoms with van der Waals surface area (Å²) in [4.78, 5) is 0. The van der Waals surface area contributed by atoms with Crippen molar-refractivity contribution >= 4 is 12.4 Å². The first-order chi connectivity index (χ1) is 6.26. The molecule has 0 aliphatic rings. The van der Waals surface area contributed by atoms with E-state index in [2.05, 4.69) is 19.9 Å². The van der Waals surface area contributed by atoms with Gasteiger partial charge in [0, 0.05) is 6.54 Å². The molecule has 0 saturated heterocycles. The van der Waals surface area contributed by atoms with Crippen molar-refractivity contribution in [3.05, 3.63) is 29.8 Å². The molecule has 0 aliphatic carbocycles. The van der Waals surface area contributed by atoms with Crippen LogP contribution in [0.1, 0.15) is 18.9 Å². The Bertz CT molecular complexity index is 261. The largest absolute Gasteiger partial charge is 0.489 e. The van der Waals surface area contributed by atoms with Crippen LogP contribution in [-0.4, -0.2) is 12.6 Å². The quantitative estimate of drug-likeness (QED) is 0.838.